The summed E-state index contributed by atoms with van der Waals surface area (Å²) in [4.78, 5) is 32.0. The zero-order valence-corrected chi connectivity index (χ0v) is 22.8. The number of nitrogens with zero attached hydrogens (tertiary/aromatic N) is 7. The van der Waals surface area contributed by atoms with E-state index in [4.69, 9.17) is 9.72 Å². The molecule has 2 bridgehead atoms. The number of anilines is 3. The molecule has 0 amide bonds. The largest absolute Gasteiger partial charge is 0.387 e. The zero-order chi connectivity index (χ0) is 27.6. The molecule has 1 unspecified atom stereocenters. The van der Waals surface area contributed by atoms with Crippen LogP contribution in [0.5, 0.6) is 0 Å². The van der Waals surface area contributed by atoms with Gasteiger partial charge < -0.3 is 25.0 Å². The lowest BCUT2D eigenvalue weighted by molar-refractivity contribution is 0.164. The van der Waals surface area contributed by atoms with Crippen LogP contribution in [-0.4, -0.2) is 74.7 Å². The summed E-state index contributed by atoms with van der Waals surface area (Å²) in [6.07, 6.45) is 6.03. The molecule has 0 radical (unpaired) electrons. The van der Waals surface area contributed by atoms with E-state index in [0.29, 0.717) is 54.5 Å². The second kappa shape index (κ2) is 11.2. The van der Waals surface area contributed by atoms with Gasteiger partial charge in [0.05, 0.1) is 24.9 Å². The Hall–Kier alpha value is -4.06. The number of fused-ring (bicyclic) bond motifs is 6. The van der Waals surface area contributed by atoms with Gasteiger partial charge in [-0.15, -0.1) is 0 Å². The van der Waals surface area contributed by atoms with Crippen LogP contribution in [0.4, 0.5) is 17.3 Å². The van der Waals surface area contributed by atoms with E-state index < -0.39 is 6.10 Å². The summed E-state index contributed by atoms with van der Waals surface area (Å²) in [5, 5.41) is 14.3. The Morgan fingerprint density at radius 3 is 2.77 bits per heavy atom. The normalized spacial score (nSPS) is 18.8. The van der Waals surface area contributed by atoms with Crippen molar-refractivity contribution in [3.05, 3.63) is 76.4 Å². The summed E-state index contributed by atoms with van der Waals surface area (Å²) >= 11 is 0. The number of aliphatic hydroxyl groups excluding tert-OH is 1. The van der Waals surface area contributed by atoms with E-state index in [1.807, 2.05) is 30.4 Å². The highest BCUT2D eigenvalue weighted by molar-refractivity contribution is 5.77. The number of hydrogen-bond acceptors (Lipinski definition) is 9. The molecule has 2 N–H and O–H groups in total. The predicted octanol–water partition coefficient (Wildman–Crippen LogP) is 3.00. The monoisotopic (exact) mass is 542 g/mol. The molecule has 11 nitrogen and oxygen atoms in total. The third-order valence-electron chi connectivity index (χ3n) is 7.52. The van der Waals surface area contributed by atoms with Crippen LogP contribution in [0, 0.1) is 0 Å². The van der Waals surface area contributed by atoms with Gasteiger partial charge in [-0.1, -0.05) is 18.2 Å². The molecule has 1 saturated heterocycles. The molecule has 2 aliphatic heterocycles. The van der Waals surface area contributed by atoms with Crippen LogP contribution in [0.3, 0.4) is 0 Å². The van der Waals surface area contributed by atoms with Crippen LogP contribution < -0.4 is 15.8 Å². The fourth-order valence-electron chi connectivity index (χ4n) is 5.34. The van der Waals surface area contributed by atoms with E-state index in [1.54, 1.807) is 28.7 Å². The van der Waals surface area contributed by atoms with Crippen LogP contribution in [-0.2, 0) is 17.9 Å². The van der Waals surface area contributed by atoms with Crippen molar-refractivity contribution in [1.29, 1.82) is 0 Å². The Labute approximate surface area is 232 Å². The van der Waals surface area contributed by atoms with E-state index in [0.717, 1.165) is 37.4 Å². The number of rotatable bonds is 5. The van der Waals surface area contributed by atoms with Gasteiger partial charge in [0.1, 0.15) is 5.39 Å². The number of pyridine rings is 1. The van der Waals surface area contributed by atoms with Gasteiger partial charge in [-0.2, -0.15) is 4.98 Å². The summed E-state index contributed by atoms with van der Waals surface area (Å²) in [6.45, 7) is 4.82. The van der Waals surface area contributed by atoms with E-state index in [-0.39, 0.29) is 5.56 Å². The van der Waals surface area contributed by atoms with Crippen molar-refractivity contribution in [2.45, 2.75) is 32.1 Å². The Morgan fingerprint density at radius 2 is 1.95 bits per heavy atom. The quantitative estimate of drug-likeness (QED) is 0.368. The molecule has 1 aromatic carbocycles. The number of aromatic nitrogens is 5. The van der Waals surface area contributed by atoms with Crippen molar-refractivity contribution in [2.24, 2.45) is 0 Å². The number of hydrogen-bond donors (Lipinski definition) is 2. The van der Waals surface area contributed by atoms with Gasteiger partial charge in [-0.05, 0) is 50.2 Å². The summed E-state index contributed by atoms with van der Waals surface area (Å²) in [7, 11) is 3.85. The smallest absolute Gasteiger partial charge is 0.278 e. The van der Waals surface area contributed by atoms with Gasteiger partial charge in [0.15, 0.2) is 11.5 Å². The Morgan fingerprint density at radius 1 is 1.10 bits per heavy atom. The molecule has 1 fully saturated rings. The van der Waals surface area contributed by atoms with Gasteiger partial charge in [-0.3, -0.25) is 4.79 Å². The Balaban J connectivity index is 1.38. The van der Waals surface area contributed by atoms with E-state index in [1.165, 1.54) is 5.69 Å². The molecule has 6 rings (SSSR count). The van der Waals surface area contributed by atoms with Crippen molar-refractivity contribution in [3.8, 4) is 5.82 Å². The van der Waals surface area contributed by atoms with Crippen molar-refractivity contribution < 1.29 is 9.84 Å². The van der Waals surface area contributed by atoms with E-state index in [2.05, 4.69) is 44.3 Å². The molecule has 1 atom stereocenters. The van der Waals surface area contributed by atoms with Crippen molar-refractivity contribution in [1.82, 2.24) is 29.2 Å². The maximum absolute atomic E-state index is 13.4. The minimum atomic E-state index is -0.688. The summed E-state index contributed by atoms with van der Waals surface area (Å²) < 4.78 is 8.83. The topological polar surface area (TPSA) is 114 Å². The lowest BCUT2D eigenvalue weighted by atomic mass is 10.1. The van der Waals surface area contributed by atoms with Gasteiger partial charge >= 0.3 is 0 Å². The van der Waals surface area contributed by atoms with Crippen molar-refractivity contribution in [3.63, 3.8) is 0 Å². The second-order valence-electron chi connectivity index (χ2n) is 10.3. The van der Waals surface area contributed by atoms with Crippen molar-refractivity contribution in [2.75, 3.05) is 50.6 Å². The minimum absolute atomic E-state index is 0.197. The first kappa shape index (κ1) is 26.2. The molecule has 0 aliphatic carbocycles. The highest BCUT2D eigenvalue weighted by atomic mass is 16.5. The fourth-order valence-corrected chi connectivity index (χ4v) is 5.34. The molecule has 5 heterocycles. The van der Waals surface area contributed by atoms with E-state index in [9.17, 15) is 9.90 Å². The summed E-state index contributed by atoms with van der Waals surface area (Å²) in [5.74, 6) is 0.882. The van der Waals surface area contributed by atoms with Gasteiger partial charge in [-0.25, -0.2) is 19.3 Å². The maximum Gasteiger partial charge on any atom is 0.278 e. The third-order valence-corrected chi connectivity index (χ3v) is 7.52. The highest BCUT2D eigenvalue weighted by Crippen LogP contribution is 2.28. The number of piperazine rings is 1. The van der Waals surface area contributed by atoms with Crippen LogP contribution in [0.2, 0.25) is 0 Å². The molecule has 2 aliphatic rings. The molecule has 4 aromatic rings. The maximum atomic E-state index is 13.4. The second-order valence-corrected chi connectivity index (χ2v) is 10.3. The van der Waals surface area contributed by atoms with Crippen LogP contribution in [0.1, 0.15) is 30.2 Å². The molecule has 208 valence electrons. The number of benzene rings is 1. The highest BCUT2D eigenvalue weighted by Gasteiger charge is 2.21. The third kappa shape index (κ3) is 5.10. The molecular formula is C29H34N8O3. The lowest BCUT2D eigenvalue weighted by Crippen LogP contribution is -2.44. The number of likely N-dealkylation sites (N-methyl/N-ethyl adjacent to an activating group) is 1. The number of aliphatic hydroxyl groups is 1. The molecule has 40 heavy (non-hydrogen) atoms. The van der Waals surface area contributed by atoms with Crippen LogP contribution >= 0.6 is 0 Å². The number of methoxy groups -OCH3 is 1. The van der Waals surface area contributed by atoms with Gasteiger partial charge in [0, 0.05) is 56.4 Å². The average Bonchev–Trinajstić information content (AvgIpc) is 3.23. The minimum Gasteiger partial charge on any atom is -0.387 e. The number of ether oxygens (including phenoxy) is 1. The SMILES string of the molecule is COCc1cc(Nc2ncc3c(=O)n4n(c3n2)-c2cccc(n2)C(O)CC/C=C\C4)ccc1N1CCN(C)CC1. The molecule has 11 heteroatoms. The standard InChI is InChI=1S/C29H34N8O3/c1-34-13-15-35(16-14-34)24-11-10-21(17-20(24)19-40-2)31-29-30-18-22-27(33-29)37-26-9-6-7-23(32-26)25(38)8-4-3-5-12-36(37)28(22)39/h3,5-7,9-11,17-18,25,38H,4,8,12-16,19H2,1-2H3,(H,30,31,33)/b5-3-. The zero-order valence-electron chi connectivity index (χ0n) is 22.8. The first-order chi connectivity index (χ1) is 19.5. The van der Waals surface area contributed by atoms with Gasteiger partial charge in [0.2, 0.25) is 5.95 Å². The van der Waals surface area contributed by atoms with Gasteiger partial charge in [0.25, 0.3) is 5.56 Å². The molecular weight excluding hydrogens is 508 g/mol. The summed E-state index contributed by atoms with van der Waals surface area (Å²) in [6, 6.07) is 11.7. The van der Waals surface area contributed by atoms with Crippen LogP contribution in [0.25, 0.3) is 16.9 Å². The number of nitrogens with one attached hydrogen (secondary N) is 1. The molecule has 0 saturated carbocycles. The van der Waals surface area contributed by atoms with Crippen LogP contribution in [0.15, 0.2) is 59.5 Å². The fraction of sp³-hybridized carbons (Fsp3) is 0.379. The summed E-state index contributed by atoms with van der Waals surface area (Å²) in [5.41, 5.74) is 3.89. The first-order valence-corrected chi connectivity index (χ1v) is 13.6. The molecule has 0 spiro atoms. The van der Waals surface area contributed by atoms with Crippen molar-refractivity contribution >= 4 is 28.4 Å². The average molecular weight is 543 g/mol. The van der Waals surface area contributed by atoms with E-state index >= 15 is 0 Å². The molecule has 3 aromatic heterocycles. The Kier molecular flexibility index (Phi) is 7.33. The first-order valence-electron chi connectivity index (χ1n) is 13.6. The number of allylic oxidation sites excluding steroid dienone is 2. The lowest BCUT2D eigenvalue weighted by Gasteiger charge is -2.35. The Bertz CT molecular complexity index is 1600. The predicted molar refractivity (Wildman–Crippen MR) is 154 cm³/mol.